The number of hydrogen-bond donors (Lipinski definition) is 0. The van der Waals surface area contributed by atoms with Crippen LogP contribution in [0.15, 0.2) is 264 Å². The molecule has 16 rings (SSSR count). The van der Waals surface area contributed by atoms with Crippen LogP contribution in [0.2, 0.25) is 0 Å². The fraction of sp³-hybridized carbons (Fsp3) is 0.267. The number of aromatic nitrogens is 6. The molecule has 0 unspecified atom stereocenters. The van der Waals surface area contributed by atoms with Crippen LogP contribution in [0.25, 0.3) is 113 Å². The molecule has 12 aromatic rings. The van der Waals surface area contributed by atoms with E-state index in [9.17, 15) is 0 Å². The first-order valence-electron chi connectivity index (χ1n) is 37.4. The normalized spacial score (nSPS) is 17.9. The van der Waals surface area contributed by atoms with Crippen molar-refractivity contribution in [2.45, 2.75) is 156 Å². The molecule has 0 radical (unpaired) electrons. The molecule has 4 aliphatic rings. The molecule has 4 fully saturated rings. The molecule has 110 heavy (non-hydrogen) atoms. The summed E-state index contributed by atoms with van der Waals surface area (Å²) in [5.74, 6) is 3.52. The van der Waals surface area contributed by atoms with E-state index in [1.165, 1.54) is 0 Å². The Hall–Kier alpha value is -8.88. The molecule has 6 heterocycles. The van der Waals surface area contributed by atoms with Crippen molar-refractivity contribution >= 4 is 71.0 Å². The van der Waals surface area contributed by atoms with Crippen LogP contribution < -0.4 is 10.9 Å². The summed E-state index contributed by atoms with van der Waals surface area (Å²) in [5.41, 5.74) is 12.2. The van der Waals surface area contributed by atoms with Crippen LogP contribution in [0.3, 0.4) is 0 Å². The molecule has 14 nitrogen and oxygen atoms in total. The smallest absolute Gasteiger partial charge is 0.405 e. The lowest BCUT2D eigenvalue weighted by atomic mass is 9.49. The Morgan fingerprint density at radius 2 is 0.373 bits per heavy atom. The molecule has 0 spiro atoms. The molecular formula is C90H90B4Br2N6O8. The zero-order chi connectivity index (χ0) is 77.8. The van der Waals surface area contributed by atoms with Crippen molar-refractivity contribution in [3.8, 4) is 113 Å². The third kappa shape index (κ3) is 16.7. The highest BCUT2D eigenvalue weighted by atomic mass is 79.9. The van der Waals surface area contributed by atoms with Gasteiger partial charge in [0.1, 0.15) is 0 Å². The molecule has 10 aromatic carbocycles. The molecule has 2 aromatic heterocycles. The van der Waals surface area contributed by atoms with Crippen LogP contribution in [0.1, 0.15) is 111 Å². The summed E-state index contributed by atoms with van der Waals surface area (Å²) < 4.78 is 52.0. The van der Waals surface area contributed by atoms with Crippen molar-refractivity contribution in [3.05, 3.63) is 264 Å². The molecule has 4 aliphatic heterocycles. The minimum atomic E-state index is -0.572. The van der Waals surface area contributed by atoms with E-state index in [1.54, 1.807) is 0 Å². The maximum Gasteiger partial charge on any atom is 0.494 e. The lowest BCUT2D eigenvalue weighted by Crippen LogP contribution is -2.41. The number of nitrogens with zero attached hydrogens (tertiary/aromatic N) is 6. The summed E-state index contributed by atoms with van der Waals surface area (Å²) in [6, 6.07) is 86.6. The second kappa shape index (κ2) is 30.7. The van der Waals surface area contributed by atoms with E-state index in [1.807, 2.05) is 189 Å². The molecule has 20 heteroatoms. The first kappa shape index (κ1) is 77.8. The lowest BCUT2D eigenvalue weighted by Gasteiger charge is -2.32. The number of hydrogen-bond acceptors (Lipinski definition) is 14. The van der Waals surface area contributed by atoms with Gasteiger partial charge in [-0.1, -0.05) is 238 Å². The van der Waals surface area contributed by atoms with E-state index in [-0.39, 0.29) is 22.4 Å². The Balaban J connectivity index is 0.000000155. The van der Waals surface area contributed by atoms with E-state index in [0.29, 0.717) is 34.9 Å². The summed E-state index contributed by atoms with van der Waals surface area (Å²) in [5, 5.41) is 0. The molecular weight excluding hydrogens is 1500 g/mol. The van der Waals surface area contributed by atoms with Crippen molar-refractivity contribution in [2.75, 3.05) is 0 Å². The summed E-state index contributed by atoms with van der Waals surface area (Å²) in [4.78, 5) is 30.3. The van der Waals surface area contributed by atoms with Crippen molar-refractivity contribution < 1.29 is 37.2 Å². The van der Waals surface area contributed by atoms with Gasteiger partial charge in [0.25, 0.3) is 0 Å². The van der Waals surface area contributed by atoms with Crippen molar-refractivity contribution in [3.63, 3.8) is 0 Å². The van der Waals surface area contributed by atoms with Crippen molar-refractivity contribution in [1.82, 2.24) is 29.9 Å². The average molecular weight is 1590 g/mol. The Morgan fingerprint density at radius 3 is 0.609 bits per heavy atom. The van der Waals surface area contributed by atoms with Crippen LogP contribution in [0.5, 0.6) is 0 Å². The quantitative estimate of drug-likeness (QED) is 0.101. The molecule has 0 saturated carbocycles. The van der Waals surface area contributed by atoms with Crippen LogP contribution >= 0.6 is 31.9 Å². The second-order valence-corrected chi connectivity index (χ2v) is 34.2. The minimum Gasteiger partial charge on any atom is -0.405 e. The van der Waals surface area contributed by atoms with Gasteiger partial charge in [0.05, 0.1) is 44.8 Å². The standard InChI is InChI=1S/C45H45B2N3O4.C33H21Br2N3.C12H24B2O4/c1-42(2)43(3,4)52-46(51-42)37-26-33(30-18-12-9-13-19-30)24-35(28-37)40-48-39(32-22-16-11-17-23-32)49-41(50-40)36-25-34(31-20-14-10-15-21-31)27-38(29-36)47-53-44(5,6)45(7,8)54-47;34-29-18-25(22-10-4-1-5-11-22)16-27(20-29)32-36-31(24-14-8-3-9-15-24)37-33(38-32)28-17-26(19-30(35)21-28)23-12-6-2-7-13-23;1-9(2)10(3,4)16-13(15-9)14-17-11(5,6)12(7,8)18-14/h9-29H,1-8H3;1-21H;1-8H3. The third-order valence-corrected chi connectivity index (χ3v) is 23.2. The Kier molecular flexibility index (Phi) is 21.7. The van der Waals surface area contributed by atoms with Gasteiger partial charge in [0, 0.05) is 42.3 Å². The number of benzene rings is 10. The molecule has 0 atom stereocenters. The molecule has 554 valence electrons. The fourth-order valence-electron chi connectivity index (χ4n) is 13.1. The average Bonchev–Trinajstić information content (AvgIpc) is 1.63. The highest BCUT2D eigenvalue weighted by molar-refractivity contribution is 9.10. The van der Waals surface area contributed by atoms with Crippen molar-refractivity contribution in [2.24, 2.45) is 0 Å². The van der Waals surface area contributed by atoms with Crippen LogP contribution in [0.4, 0.5) is 0 Å². The number of halogens is 2. The third-order valence-electron chi connectivity index (χ3n) is 22.3. The number of rotatable bonds is 13. The summed E-state index contributed by atoms with van der Waals surface area (Å²) in [6.45, 7) is 32.8. The predicted octanol–water partition coefficient (Wildman–Crippen LogP) is 20.8. The van der Waals surface area contributed by atoms with E-state index >= 15 is 0 Å². The SMILES string of the molecule is Brc1cc(-c2ccccc2)cc(-c2nc(-c3ccccc3)nc(-c3cc(Br)cc(-c4ccccc4)c3)n2)c1.CC1(C)OB(B2OC(C)(C)C(C)(C)O2)OC1(C)C.CC1(C)OB(c2cc(-c3ccccc3)cc(-c3nc(-c4ccccc4)nc(-c4cc(B5OC(C)(C)C(C)(C)O5)cc(-c5ccccc5)c4)n3)c2)OC1(C)C. The van der Waals surface area contributed by atoms with Crippen LogP contribution in [0, 0.1) is 0 Å². The maximum absolute atomic E-state index is 6.57. The van der Waals surface area contributed by atoms with E-state index in [0.717, 1.165) is 97.8 Å². The predicted molar refractivity (Wildman–Crippen MR) is 453 cm³/mol. The van der Waals surface area contributed by atoms with Crippen LogP contribution in [-0.4, -0.2) is 103 Å². The largest absolute Gasteiger partial charge is 0.494 e. The molecule has 0 amide bonds. The molecule has 4 saturated heterocycles. The lowest BCUT2D eigenvalue weighted by molar-refractivity contribution is 0.00578. The fourth-order valence-corrected chi connectivity index (χ4v) is 14.1. The van der Waals surface area contributed by atoms with Gasteiger partial charge in [-0.15, -0.1) is 0 Å². The Labute approximate surface area is 665 Å². The molecule has 0 N–H and O–H groups in total. The topological polar surface area (TPSA) is 151 Å². The second-order valence-electron chi connectivity index (χ2n) is 32.4. The van der Waals surface area contributed by atoms with Gasteiger partial charge in [0.15, 0.2) is 34.9 Å². The van der Waals surface area contributed by atoms with E-state index in [4.69, 9.17) is 67.1 Å². The first-order chi connectivity index (χ1) is 52.2. The zero-order valence-electron chi connectivity index (χ0n) is 65.3. The van der Waals surface area contributed by atoms with Gasteiger partial charge in [-0.3, -0.25) is 0 Å². The monoisotopic (exact) mass is 1580 g/mol. The highest BCUT2D eigenvalue weighted by Crippen LogP contribution is 2.45. The van der Waals surface area contributed by atoms with Gasteiger partial charge >= 0.3 is 28.3 Å². The van der Waals surface area contributed by atoms with Gasteiger partial charge in [0.2, 0.25) is 0 Å². The van der Waals surface area contributed by atoms with Crippen LogP contribution in [-0.2, 0) is 37.2 Å². The summed E-state index contributed by atoms with van der Waals surface area (Å²) in [6.07, 6.45) is 0. The van der Waals surface area contributed by atoms with Gasteiger partial charge in [-0.05, 0) is 215 Å². The molecule has 0 bridgehead atoms. The minimum absolute atomic E-state index is 0.360. The van der Waals surface area contributed by atoms with Crippen molar-refractivity contribution in [1.29, 1.82) is 0 Å². The maximum atomic E-state index is 6.57. The Morgan fingerprint density at radius 1 is 0.200 bits per heavy atom. The molecule has 0 aliphatic carbocycles. The summed E-state index contributed by atoms with van der Waals surface area (Å²) in [7, 11) is -2.10. The van der Waals surface area contributed by atoms with E-state index < -0.39 is 50.7 Å². The van der Waals surface area contributed by atoms with Gasteiger partial charge in [-0.2, -0.15) is 0 Å². The first-order valence-corrected chi connectivity index (χ1v) is 39.0. The summed E-state index contributed by atoms with van der Waals surface area (Å²) >= 11 is 7.40. The van der Waals surface area contributed by atoms with Gasteiger partial charge < -0.3 is 37.2 Å². The van der Waals surface area contributed by atoms with Gasteiger partial charge in [-0.25, -0.2) is 29.9 Å². The highest BCUT2D eigenvalue weighted by Gasteiger charge is 2.64. The van der Waals surface area contributed by atoms with E-state index in [2.05, 4.69) is 209 Å². The Bertz CT molecular complexity index is 4960. The zero-order valence-corrected chi connectivity index (χ0v) is 68.4.